The predicted octanol–water partition coefficient (Wildman–Crippen LogP) is 1.84. The molecule has 2 aromatic rings. The van der Waals surface area contributed by atoms with Crippen molar-refractivity contribution in [3.05, 3.63) is 65.7 Å². The van der Waals surface area contributed by atoms with Gasteiger partial charge in [0.1, 0.15) is 0 Å². The van der Waals surface area contributed by atoms with Gasteiger partial charge < -0.3 is 20.3 Å². The number of anilines is 1. The molecular weight excluding hydrogens is 398 g/mol. The van der Waals surface area contributed by atoms with Crippen molar-refractivity contribution in [3.63, 3.8) is 0 Å². The molecule has 162 valence electrons. The Morgan fingerprint density at radius 2 is 1.55 bits per heavy atom. The lowest BCUT2D eigenvalue weighted by atomic mass is 9.96. The minimum Gasteiger partial charge on any atom is -0.452 e. The van der Waals surface area contributed by atoms with E-state index < -0.39 is 12.6 Å². The largest absolute Gasteiger partial charge is 0.452 e. The van der Waals surface area contributed by atoms with Crippen LogP contribution in [-0.4, -0.2) is 55.3 Å². The molecular formula is C23H25N3O5. The van der Waals surface area contributed by atoms with Crippen molar-refractivity contribution in [2.45, 2.75) is 12.8 Å². The first-order valence-electron chi connectivity index (χ1n) is 10.0. The minimum atomic E-state index is -0.745. The highest BCUT2D eigenvalue weighted by molar-refractivity contribution is 6.12. The highest BCUT2D eigenvalue weighted by atomic mass is 16.5. The second-order valence-electron chi connectivity index (χ2n) is 7.38. The van der Waals surface area contributed by atoms with Gasteiger partial charge >= 0.3 is 5.97 Å². The van der Waals surface area contributed by atoms with Crippen LogP contribution in [0, 0.1) is 5.92 Å². The molecule has 8 heteroatoms. The molecule has 0 saturated carbocycles. The Labute approximate surface area is 180 Å². The van der Waals surface area contributed by atoms with E-state index in [2.05, 4.69) is 0 Å². The van der Waals surface area contributed by atoms with Crippen LogP contribution in [0.2, 0.25) is 0 Å². The van der Waals surface area contributed by atoms with Gasteiger partial charge in [-0.1, -0.05) is 30.3 Å². The lowest BCUT2D eigenvalue weighted by Gasteiger charge is -2.30. The van der Waals surface area contributed by atoms with Crippen molar-refractivity contribution in [1.82, 2.24) is 4.90 Å². The molecule has 1 saturated heterocycles. The normalized spacial score (nSPS) is 14.0. The number of benzene rings is 2. The predicted molar refractivity (Wildman–Crippen MR) is 114 cm³/mol. The van der Waals surface area contributed by atoms with Crippen LogP contribution in [0.15, 0.2) is 54.6 Å². The van der Waals surface area contributed by atoms with Crippen molar-refractivity contribution < 1.29 is 23.9 Å². The number of ether oxygens (including phenoxy) is 1. The monoisotopic (exact) mass is 423 g/mol. The van der Waals surface area contributed by atoms with E-state index in [9.17, 15) is 19.2 Å². The van der Waals surface area contributed by atoms with Crippen LogP contribution in [0.4, 0.5) is 5.69 Å². The number of piperidine rings is 1. The Morgan fingerprint density at radius 1 is 0.968 bits per heavy atom. The van der Waals surface area contributed by atoms with Gasteiger partial charge in [-0.15, -0.1) is 0 Å². The van der Waals surface area contributed by atoms with E-state index in [-0.39, 0.29) is 34.8 Å². The van der Waals surface area contributed by atoms with Gasteiger partial charge in [-0.3, -0.25) is 14.4 Å². The second-order valence-corrected chi connectivity index (χ2v) is 7.38. The number of carbonyl (C=O) groups excluding carboxylic acids is 4. The molecule has 31 heavy (non-hydrogen) atoms. The first-order chi connectivity index (χ1) is 14.9. The van der Waals surface area contributed by atoms with E-state index in [1.807, 2.05) is 18.2 Å². The summed E-state index contributed by atoms with van der Waals surface area (Å²) in [5.41, 5.74) is 6.27. The van der Waals surface area contributed by atoms with Crippen LogP contribution in [0.25, 0.3) is 0 Å². The zero-order valence-electron chi connectivity index (χ0n) is 17.3. The lowest BCUT2D eigenvalue weighted by molar-refractivity contribution is -0.137. The third kappa shape index (κ3) is 5.28. The molecule has 0 unspecified atom stereocenters. The Morgan fingerprint density at radius 3 is 2.16 bits per heavy atom. The number of para-hydroxylation sites is 1. The standard InChI is InChI=1S/C23H25N3O5/c1-25(17-7-3-2-4-8-17)22(29)18-9-5-6-10-19(18)23(30)31-15-20(27)26-13-11-16(12-14-26)21(24)28/h2-10,16H,11-15H2,1H3,(H2,24,28). The Hall–Kier alpha value is -3.68. The average molecular weight is 423 g/mol. The maximum Gasteiger partial charge on any atom is 0.339 e. The second kappa shape index (κ2) is 9.88. The van der Waals surface area contributed by atoms with Crippen molar-refractivity contribution >= 4 is 29.4 Å². The quantitative estimate of drug-likeness (QED) is 0.713. The number of amides is 3. The number of primary amides is 1. The molecule has 0 spiro atoms. The average Bonchev–Trinajstić information content (AvgIpc) is 2.82. The van der Waals surface area contributed by atoms with Crippen LogP contribution in [0.1, 0.15) is 33.6 Å². The Balaban J connectivity index is 1.63. The topological polar surface area (TPSA) is 110 Å². The summed E-state index contributed by atoms with van der Waals surface area (Å²) in [4.78, 5) is 52.2. The summed E-state index contributed by atoms with van der Waals surface area (Å²) in [7, 11) is 1.62. The van der Waals surface area contributed by atoms with E-state index in [4.69, 9.17) is 10.5 Å². The molecule has 1 aliphatic heterocycles. The molecule has 2 aromatic carbocycles. The number of nitrogens with zero attached hydrogens (tertiary/aromatic N) is 2. The molecule has 0 radical (unpaired) electrons. The minimum absolute atomic E-state index is 0.0931. The highest BCUT2D eigenvalue weighted by Crippen LogP contribution is 2.19. The summed E-state index contributed by atoms with van der Waals surface area (Å²) < 4.78 is 5.20. The molecule has 2 N–H and O–H groups in total. The summed E-state index contributed by atoms with van der Waals surface area (Å²) in [6.07, 6.45) is 0.996. The van der Waals surface area contributed by atoms with E-state index in [1.165, 1.54) is 11.0 Å². The summed E-state index contributed by atoms with van der Waals surface area (Å²) in [5, 5.41) is 0. The van der Waals surface area contributed by atoms with Crippen molar-refractivity contribution in [1.29, 1.82) is 0 Å². The zero-order valence-corrected chi connectivity index (χ0v) is 17.3. The first kappa shape index (κ1) is 22.0. The maximum absolute atomic E-state index is 12.9. The van der Waals surface area contributed by atoms with Gasteiger partial charge in [0.05, 0.1) is 11.1 Å². The first-order valence-corrected chi connectivity index (χ1v) is 10.0. The molecule has 8 nitrogen and oxygen atoms in total. The molecule has 0 atom stereocenters. The van der Waals surface area contributed by atoms with E-state index in [0.717, 1.165) is 0 Å². The number of nitrogens with two attached hydrogens (primary N) is 1. The molecule has 0 bridgehead atoms. The van der Waals surface area contributed by atoms with Gasteiger partial charge in [-0.2, -0.15) is 0 Å². The van der Waals surface area contributed by atoms with E-state index in [0.29, 0.717) is 31.6 Å². The van der Waals surface area contributed by atoms with Crippen molar-refractivity contribution in [3.8, 4) is 0 Å². The smallest absolute Gasteiger partial charge is 0.339 e. The molecule has 3 rings (SSSR count). The van der Waals surface area contributed by atoms with Gasteiger partial charge in [0.15, 0.2) is 6.61 Å². The maximum atomic E-state index is 12.9. The molecule has 1 heterocycles. The van der Waals surface area contributed by atoms with E-state index >= 15 is 0 Å². The summed E-state index contributed by atoms with van der Waals surface area (Å²) in [6.45, 7) is 0.346. The van der Waals surface area contributed by atoms with Gasteiger partial charge in [0.25, 0.3) is 11.8 Å². The van der Waals surface area contributed by atoms with Gasteiger partial charge in [0, 0.05) is 31.7 Å². The van der Waals surface area contributed by atoms with Crippen LogP contribution in [0.5, 0.6) is 0 Å². The molecule has 3 amide bonds. The fraction of sp³-hybridized carbons (Fsp3) is 0.304. The SMILES string of the molecule is CN(C(=O)c1ccccc1C(=O)OCC(=O)N1CCC(C(N)=O)CC1)c1ccccc1. The number of hydrogen-bond acceptors (Lipinski definition) is 5. The lowest BCUT2D eigenvalue weighted by Crippen LogP contribution is -2.43. The van der Waals surface area contributed by atoms with Crippen LogP contribution in [0.3, 0.4) is 0 Å². The Kier molecular flexibility index (Phi) is 7.02. The molecule has 0 aliphatic carbocycles. The summed E-state index contributed by atoms with van der Waals surface area (Å²) in [6, 6.07) is 15.4. The van der Waals surface area contributed by atoms with Crippen molar-refractivity contribution in [2.24, 2.45) is 11.7 Å². The molecule has 0 aromatic heterocycles. The number of hydrogen-bond donors (Lipinski definition) is 1. The third-order valence-electron chi connectivity index (χ3n) is 5.40. The van der Waals surface area contributed by atoms with Gasteiger partial charge in [0.2, 0.25) is 5.91 Å². The highest BCUT2D eigenvalue weighted by Gasteiger charge is 2.27. The summed E-state index contributed by atoms with van der Waals surface area (Å²) in [5.74, 6) is -2.04. The number of carbonyl (C=O) groups is 4. The fourth-order valence-corrected chi connectivity index (χ4v) is 3.51. The number of rotatable bonds is 6. The van der Waals surface area contributed by atoms with Gasteiger partial charge in [-0.05, 0) is 37.1 Å². The van der Waals surface area contributed by atoms with Crippen LogP contribution < -0.4 is 10.6 Å². The Bertz CT molecular complexity index is 968. The van der Waals surface area contributed by atoms with Crippen LogP contribution in [-0.2, 0) is 14.3 Å². The third-order valence-corrected chi connectivity index (χ3v) is 5.40. The number of esters is 1. The van der Waals surface area contributed by atoms with Crippen molar-refractivity contribution in [2.75, 3.05) is 31.6 Å². The molecule has 1 fully saturated rings. The van der Waals surface area contributed by atoms with Gasteiger partial charge in [-0.25, -0.2) is 4.79 Å². The molecule has 1 aliphatic rings. The number of likely N-dealkylation sites (tertiary alicyclic amines) is 1. The summed E-state index contributed by atoms with van der Waals surface area (Å²) >= 11 is 0. The fourth-order valence-electron chi connectivity index (χ4n) is 3.51. The van der Waals surface area contributed by atoms with Crippen LogP contribution >= 0.6 is 0 Å². The van der Waals surface area contributed by atoms with E-state index in [1.54, 1.807) is 42.3 Å². The zero-order chi connectivity index (χ0) is 22.4.